The summed E-state index contributed by atoms with van der Waals surface area (Å²) < 4.78 is 15.0. The van der Waals surface area contributed by atoms with Gasteiger partial charge in [-0.05, 0) is 104 Å². The fourth-order valence-electron chi connectivity index (χ4n) is 7.09. The summed E-state index contributed by atoms with van der Waals surface area (Å²) in [4.78, 5) is 0. The molecule has 0 spiro atoms. The second-order valence-corrected chi connectivity index (χ2v) is 11.1. The van der Waals surface area contributed by atoms with E-state index in [1.807, 2.05) is 6.07 Å². The molecular formula is C29H45F. The van der Waals surface area contributed by atoms with Crippen molar-refractivity contribution in [1.82, 2.24) is 0 Å². The number of hydrogen-bond acceptors (Lipinski definition) is 0. The van der Waals surface area contributed by atoms with E-state index in [-0.39, 0.29) is 5.82 Å². The summed E-state index contributed by atoms with van der Waals surface area (Å²) in [6.45, 7) is 4.56. The van der Waals surface area contributed by atoms with Gasteiger partial charge in [-0.2, -0.15) is 0 Å². The smallest absolute Gasteiger partial charge is 0.126 e. The van der Waals surface area contributed by atoms with Crippen LogP contribution in [-0.4, -0.2) is 0 Å². The molecule has 0 bridgehead atoms. The Labute approximate surface area is 185 Å². The molecule has 2 saturated carbocycles. The van der Waals surface area contributed by atoms with Gasteiger partial charge in [0, 0.05) is 0 Å². The number of halogens is 1. The molecule has 1 aromatic rings. The van der Waals surface area contributed by atoms with E-state index in [1.54, 1.807) is 0 Å². The molecule has 30 heavy (non-hydrogen) atoms. The first-order valence-electron chi connectivity index (χ1n) is 13.5. The maximum absolute atomic E-state index is 15.0. The molecule has 0 aliphatic heterocycles. The molecule has 0 N–H and O–H groups in total. The maximum atomic E-state index is 15.0. The van der Waals surface area contributed by atoms with Gasteiger partial charge in [-0.25, -0.2) is 4.39 Å². The van der Waals surface area contributed by atoms with Crippen molar-refractivity contribution in [2.75, 3.05) is 0 Å². The van der Waals surface area contributed by atoms with Crippen LogP contribution in [0.4, 0.5) is 4.39 Å². The highest BCUT2D eigenvalue weighted by Crippen LogP contribution is 2.49. The monoisotopic (exact) mass is 412 g/mol. The van der Waals surface area contributed by atoms with E-state index >= 15 is 0 Å². The van der Waals surface area contributed by atoms with Crippen LogP contribution in [0.15, 0.2) is 12.1 Å². The number of rotatable bonds is 8. The van der Waals surface area contributed by atoms with Crippen molar-refractivity contribution in [3.05, 3.63) is 34.6 Å². The van der Waals surface area contributed by atoms with Crippen LogP contribution in [0.25, 0.3) is 0 Å². The van der Waals surface area contributed by atoms with Gasteiger partial charge in [0.15, 0.2) is 0 Å². The maximum Gasteiger partial charge on any atom is 0.126 e. The van der Waals surface area contributed by atoms with Gasteiger partial charge in [0.1, 0.15) is 5.82 Å². The number of aryl methyl sites for hydroxylation is 1. The predicted molar refractivity (Wildman–Crippen MR) is 126 cm³/mol. The van der Waals surface area contributed by atoms with Gasteiger partial charge >= 0.3 is 0 Å². The zero-order chi connectivity index (χ0) is 20.9. The summed E-state index contributed by atoms with van der Waals surface area (Å²) >= 11 is 0. The molecule has 0 radical (unpaired) electrons. The van der Waals surface area contributed by atoms with Crippen LogP contribution >= 0.6 is 0 Å². The molecule has 0 amide bonds. The number of benzene rings is 1. The molecule has 5 atom stereocenters. The lowest BCUT2D eigenvalue weighted by atomic mass is 9.63. The van der Waals surface area contributed by atoms with Crippen LogP contribution in [0.5, 0.6) is 0 Å². The normalized spacial score (nSPS) is 31.2. The number of unbranched alkanes of at least 4 members (excludes halogenated alkanes) is 4. The Morgan fingerprint density at radius 2 is 1.63 bits per heavy atom. The van der Waals surface area contributed by atoms with Crippen LogP contribution < -0.4 is 0 Å². The average Bonchev–Trinajstić information content (AvgIpc) is 2.78. The molecule has 3 aliphatic rings. The molecular weight excluding hydrogens is 367 g/mol. The first-order chi connectivity index (χ1) is 14.7. The van der Waals surface area contributed by atoms with Gasteiger partial charge in [0.2, 0.25) is 0 Å². The molecule has 1 heteroatoms. The summed E-state index contributed by atoms with van der Waals surface area (Å²) in [6, 6.07) is 4.35. The van der Waals surface area contributed by atoms with Gasteiger partial charge in [0.25, 0.3) is 0 Å². The number of hydrogen-bond donors (Lipinski definition) is 0. The van der Waals surface area contributed by atoms with E-state index < -0.39 is 0 Å². The molecule has 168 valence electrons. The SMILES string of the molecule is CCCCCCCC1CCC2CC(c3cc(F)c4c(c3)CCC(CC)C4)CCC2C1. The van der Waals surface area contributed by atoms with Gasteiger partial charge < -0.3 is 0 Å². The zero-order valence-electron chi connectivity index (χ0n) is 19.7. The van der Waals surface area contributed by atoms with Crippen molar-refractivity contribution >= 4 is 0 Å². The molecule has 0 aromatic heterocycles. The lowest BCUT2D eigenvalue weighted by Gasteiger charge is -2.42. The second kappa shape index (κ2) is 10.6. The minimum atomic E-state index is 0.106. The number of fused-ring (bicyclic) bond motifs is 2. The zero-order valence-corrected chi connectivity index (χ0v) is 19.7. The molecule has 2 fully saturated rings. The van der Waals surface area contributed by atoms with Crippen molar-refractivity contribution in [1.29, 1.82) is 0 Å². The minimum Gasteiger partial charge on any atom is -0.207 e. The fourth-order valence-corrected chi connectivity index (χ4v) is 7.09. The van der Waals surface area contributed by atoms with Crippen LogP contribution in [-0.2, 0) is 12.8 Å². The predicted octanol–water partition coefficient (Wildman–Crippen LogP) is 9.00. The van der Waals surface area contributed by atoms with E-state index in [0.29, 0.717) is 11.8 Å². The van der Waals surface area contributed by atoms with Gasteiger partial charge in [0.05, 0.1) is 0 Å². The Morgan fingerprint density at radius 1 is 0.833 bits per heavy atom. The average molecular weight is 413 g/mol. The molecule has 1 aromatic carbocycles. The lowest BCUT2D eigenvalue weighted by molar-refractivity contribution is 0.113. The van der Waals surface area contributed by atoms with Crippen molar-refractivity contribution < 1.29 is 4.39 Å². The van der Waals surface area contributed by atoms with E-state index in [2.05, 4.69) is 19.9 Å². The minimum absolute atomic E-state index is 0.106. The van der Waals surface area contributed by atoms with E-state index in [1.165, 1.54) is 101 Å². The van der Waals surface area contributed by atoms with Crippen molar-refractivity contribution in [3.8, 4) is 0 Å². The molecule has 4 rings (SSSR count). The summed E-state index contributed by atoms with van der Waals surface area (Å²) in [6.07, 6.45) is 21.5. The topological polar surface area (TPSA) is 0 Å². The Hall–Kier alpha value is -0.850. The van der Waals surface area contributed by atoms with Crippen molar-refractivity contribution in [2.24, 2.45) is 23.7 Å². The van der Waals surface area contributed by atoms with Crippen molar-refractivity contribution in [2.45, 2.75) is 122 Å². The van der Waals surface area contributed by atoms with Crippen LogP contribution in [0.1, 0.15) is 126 Å². The van der Waals surface area contributed by atoms with Gasteiger partial charge in [-0.15, -0.1) is 0 Å². The van der Waals surface area contributed by atoms with Crippen LogP contribution in [0, 0.1) is 29.5 Å². The largest absolute Gasteiger partial charge is 0.207 e. The fraction of sp³-hybridized carbons (Fsp3) is 0.793. The van der Waals surface area contributed by atoms with Crippen molar-refractivity contribution in [3.63, 3.8) is 0 Å². The summed E-state index contributed by atoms with van der Waals surface area (Å²) in [7, 11) is 0. The van der Waals surface area contributed by atoms with Crippen LogP contribution in [0.3, 0.4) is 0 Å². The Kier molecular flexibility index (Phi) is 7.93. The molecule has 3 aliphatic carbocycles. The molecule has 0 nitrogen and oxygen atoms in total. The summed E-state index contributed by atoms with van der Waals surface area (Å²) in [5, 5.41) is 0. The first-order valence-corrected chi connectivity index (χ1v) is 13.5. The third-order valence-electron chi connectivity index (χ3n) is 9.11. The van der Waals surface area contributed by atoms with Gasteiger partial charge in [-0.1, -0.05) is 71.3 Å². The highest BCUT2D eigenvalue weighted by atomic mass is 19.1. The van der Waals surface area contributed by atoms with E-state index in [4.69, 9.17) is 0 Å². The highest BCUT2D eigenvalue weighted by Gasteiger charge is 2.36. The summed E-state index contributed by atoms with van der Waals surface area (Å²) in [5.74, 6) is 4.27. The molecule has 0 saturated heterocycles. The summed E-state index contributed by atoms with van der Waals surface area (Å²) in [5.41, 5.74) is 3.71. The van der Waals surface area contributed by atoms with Gasteiger partial charge in [-0.3, -0.25) is 0 Å². The quantitative estimate of drug-likeness (QED) is 0.374. The Morgan fingerprint density at radius 3 is 2.47 bits per heavy atom. The molecule has 5 unspecified atom stereocenters. The first kappa shape index (κ1) is 22.3. The Bertz CT molecular complexity index is 677. The highest BCUT2D eigenvalue weighted by molar-refractivity contribution is 5.37. The lowest BCUT2D eigenvalue weighted by Crippen LogP contribution is -2.30. The third kappa shape index (κ3) is 5.31. The second-order valence-electron chi connectivity index (χ2n) is 11.1. The van der Waals surface area contributed by atoms with E-state index in [0.717, 1.165) is 36.2 Å². The molecule has 0 heterocycles. The van der Waals surface area contributed by atoms with Crippen LogP contribution in [0.2, 0.25) is 0 Å². The standard InChI is InChI=1S/C29H45F/c1-3-5-6-7-8-9-22-11-12-24-18-25(15-14-23(24)16-22)27-19-26-13-10-21(4-2)17-28(26)29(30)20-27/h19-25H,3-18H2,1-2H3. The Balaban J connectivity index is 1.31. The third-order valence-corrected chi connectivity index (χ3v) is 9.11. The van der Waals surface area contributed by atoms with E-state index in [9.17, 15) is 4.39 Å².